The Labute approximate surface area is 264 Å². The lowest BCUT2D eigenvalue weighted by Crippen LogP contribution is -2.44. The van der Waals surface area contributed by atoms with Gasteiger partial charge in [-0.05, 0) is 54.6 Å². The molecular weight excluding hydrogens is 595 g/mol. The number of rotatable bonds is 7. The first-order valence-electron chi connectivity index (χ1n) is 14.8. The van der Waals surface area contributed by atoms with Crippen LogP contribution < -0.4 is 10.2 Å². The van der Waals surface area contributed by atoms with Crippen molar-refractivity contribution < 1.29 is 27.9 Å². The number of carbonyl (C=O) groups excluding carboxylic acids is 1. The molecule has 8 nitrogen and oxygen atoms in total. The number of amides is 1. The lowest BCUT2D eigenvalue weighted by Gasteiger charge is -2.34. The Kier molecular flexibility index (Phi) is 10.0. The van der Waals surface area contributed by atoms with Crippen LogP contribution in [0.3, 0.4) is 0 Å². The van der Waals surface area contributed by atoms with Gasteiger partial charge in [-0.15, -0.1) is 0 Å². The molecule has 0 atom stereocenters. The number of halogens is 3. The zero-order valence-corrected chi connectivity index (χ0v) is 25.2. The van der Waals surface area contributed by atoms with Crippen molar-refractivity contribution in [1.29, 1.82) is 0 Å². The third-order valence-electron chi connectivity index (χ3n) is 7.74. The van der Waals surface area contributed by atoms with E-state index in [1.54, 1.807) is 0 Å². The highest BCUT2D eigenvalue weighted by atomic mass is 19.4. The zero-order chi connectivity index (χ0) is 32.7. The maximum atomic E-state index is 12.9. The Bertz CT molecular complexity index is 1760. The molecule has 0 bridgehead atoms. The SMILES string of the molecule is CN1CCN(c2ccc(CNC(=O)c3ccc(-c4nc5ccccc5n4Cc4ccccc4)cc3)cc2)CC1.O=C(O)C(F)(F)F. The normalized spacial score (nSPS) is 13.6. The molecule has 0 radical (unpaired) electrons. The van der Waals surface area contributed by atoms with Gasteiger partial charge < -0.3 is 24.8 Å². The molecule has 2 heterocycles. The number of aliphatic carboxylic acids is 1. The van der Waals surface area contributed by atoms with E-state index in [1.165, 1.54) is 11.3 Å². The highest BCUT2D eigenvalue weighted by molar-refractivity contribution is 5.94. The van der Waals surface area contributed by atoms with E-state index in [9.17, 15) is 18.0 Å². The van der Waals surface area contributed by atoms with Crippen molar-refractivity contribution in [3.63, 3.8) is 0 Å². The van der Waals surface area contributed by atoms with Crippen LogP contribution in [-0.2, 0) is 17.9 Å². The second-order valence-electron chi connectivity index (χ2n) is 11.0. The number of likely N-dealkylation sites (N-methyl/N-ethyl adjacent to an activating group) is 1. The Hall–Kier alpha value is -5.16. The summed E-state index contributed by atoms with van der Waals surface area (Å²) in [5, 5.41) is 10.2. The fourth-order valence-corrected chi connectivity index (χ4v) is 5.17. The number of carboxylic acids is 1. The first-order chi connectivity index (χ1) is 22.1. The third-order valence-corrected chi connectivity index (χ3v) is 7.74. The van der Waals surface area contributed by atoms with E-state index in [1.807, 2.05) is 48.5 Å². The van der Waals surface area contributed by atoms with Gasteiger partial charge in [0.2, 0.25) is 0 Å². The van der Waals surface area contributed by atoms with Gasteiger partial charge in [-0.1, -0.05) is 66.7 Å². The van der Waals surface area contributed by atoms with Crippen LogP contribution in [0.1, 0.15) is 21.5 Å². The van der Waals surface area contributed by atoms with Gasteiger partial charge in [0.15, 0.2) is 0 Å². The average Bonchev–Trinajstić information content (AvgIpc) is 3.43. The maximum absolute atomic E-state index is 12.9. The number of hydrogen-bond acceptors (Lipinski definition) is 5. The fourth-order valence-electron chi connectivity index (χ4n) is 5.17. The molecule has 0 unspecified atom stereocenters. The van der Waals surface area contributed by atoms with Crippen LogP contribution in [0, 0.1) is 0 Å². The van der Waals surface area contributed by atoms with Gasteiger partial charge in [-0.3, -0.25) is 4.79 Å². The van der Waals surface area contributed by atoms with Crippen molar-refractivity contribution in [2.75, 3.05) is 38.1 Å². The van der Waals surface area contributed by atoms with Crippen molar-refractivity contribution in [3.05, 3.63) is 120 Å². The van der Waals surface area contributed by atoms with Crippen LogP contribution >= 0.6 is 0 Å². The van der Waals surface area contributed by atoms with E-state index >= 15 is 0 Å². The minimum Gasteiger partial charge on any atom is -0.475 e. The molecule has 1 saturated heterocycles. The molecule has 4 aromatic carbocycles. The summed E-state index contributed by atoms with van der Waals surface area (Å²) < 4.78 is 34.0. The summed E-state index contributed by atoms with van der Waals surface area (Å²) in [5.41, 5.74) is 7.23. The number of anilines is 1. The Morgan fingerprint density at radius 3 is 2.04 bits per heavy atom. The van der Waals surface area contributed by atoms with E-state index in [-0.39, 0.29) is 5.91 Å². The number of imidazole rings is 1. The first-order valence-corrected chi connectivity index (χ1v) is 14.8. The number of carbonyl (C=O) groups is 2. The summed E-state index contributed by atoms with van der Waals surface area (Å²) in [4.78, 5) is 31.5. The first kappa shape index (κ1) is 32.2. The van der Waals surface area contributed by atoms with Gasteiger partial charge in [0.25, 0.3) is 5.91 Å². The van der Waals surface area contributed by atoms with Crippen molar-refractivity contribution in [3.8, 4) is 11.4 Å². The Morgan fingerprint density at radius 1 is 0.804 bits per heavy atom. The van der Waals surface area contributed by atoms with Gasteiger partial charge in [0.05, 0.1) is 11.0 Å². The third kappa shape index (κ3) is 8.10. The van der Waals surface area contributed by atoms with Gasteiger partial charge in [0, 0.05) is 56.1 Å². The predicted molar refractivity (Wildman–Crippen MR) is 172 cm³/mol. The molecule has 1 aliphatic heterocycles. The Morgan fingerprint density at radius 2 is 1.41 bits per heavy atom. The summed E-state index contributed by atoms with van der Waals surface area (Å²) in [7, 11) is 2.17. The maximum Gasteiger partial charge on any atom is 0.490 e. The highest BCUT2D eigenvalue weighted by Crippen LogP contribution is 2.26. The monoisotopic (exact) mass is 629 g/mol. The van der Waals surface area contributed by atoms with Gasteiger partial charge >= 0.3 is 12.1 Å². The summed E-state index contributed by atoms with van der Waals surface area (Å²) in [5.74, 6) is -1.94. The lowest BCUT2D eigenvalue weighted by molar-refractivity contribution is -0.192. The summed E-state index contributed by atoms with van der Waals surface area (Å²) in [6.45, 7) is 5.49. The number of nitrogens with one attached hydrogen (secondary N) is 1. The quantitative estimate of drug-likeness (QED) is 0.227. The van der Waals surface area contributed by atoms with Gasteiger partial charge in [-0.2, -0.15) is 13.2 Å². The molecule has 1 aliphatic rings. The van der Waals surface area contributed by atoms with E-state index in [2.05, 4.69) is 81.3 Å². The molecule has 1 amide bonds. The Balaban J connectivity index is 0.000000537. The molecule has 0 aliphatic carbocycles. The average molecular weight is 630 g/mol. The number of piperazine rings is 1. The number of carboxylic acid groups (broad SMARTS) is 1. The minimum absolute atomic E-state index is 0.0810. The van der Waals surface area contributed by atoms with Crippen LogP contribution in [0.4, 0.5) is 18.9 Å². The summed E-state index contributed by atoms with van der Waals surface area (Å²) in [6, 6.07) is 34.9. The zero-order valence-electron chi connectivity index (χ0n) is 25.2. The number of aromatic nitrogens is 2. The molecule has 1 aromatic heterocycles. The van der Waals surface area contributed by atoms with Crippen LogP contribution in [-0.4, -0.2) is 70.8 Å². The van der Waals surface area contributed by atoms with E-state index in [4.69, 9.17) is 14.9 Å². The van der Waals surface area contributed by atoms with Crippen molar-refractivity contribution in [1.82, 2.24) is 19.8 Å². The molecule has 5 aromatic rings. The van der Waals surface area contributed by atoms with Crippen LogP contribution in [0.2, 0.25) is 0 Å². The van der Waals surface area contributed by atoms with Crippen LogP contribution in [0.5, 0.6) is 0 Å². The number of alkyl halides is 3. The lowest BCUT2D eigenvalue weighted by atomic mass is 10.1. The summed E-state index contributed by atoms with van der Waals surface area (Å²) >= 11 is 0. The number of fused-ring (bicyclic) bond motifs is 1. The molecule has 1 fully saturated rings. The molecule has 46 heavy (non-hydrogen) atoms. The minimum atomic E-state index is -5.08. The van der Waals surface area contributed by atoms with Crippen molar-refractivity contribution in [2.24, 2.45) is 0 Å². The molecule has 6 rings (SSSR count). The standard InChI is InChI=1S/C33H33N5O.C2HF3O2/c1-36-19-21-37(22-20-36)29-17-11-25(12-18-29)23-34-33(39)28-15-13-27(14-16-28)32-35-30-9-5-6-10-31(30)38(32)24-26-7-3-2-4-8-26;3-2(4,5)1(6)7/h2-18H,19-24H2,1H3,(H,34,39);(H,6,7). The van der Waals surface area contributed by atoms with E-state index in [0.717, 1.165) is 60.7 Å². The van der Waals surface area contributed by atoms with Crippen LogP contribution in [0.25, 0.3) is 22.4 Å². The largest absolute Gasteiger partial charge is 0.490 e. The fraction of sp³-hybridized carbons (Fsp3) is 0.229. The molecule has 2 N–H and O–H groups in total. The summed E-state index contributed by atoms with van der Waals surface area (Å²) in [6.07, 6.45) is -5.08. The predicted octanol–water partition coefficient (Wildman–Crippen LogP) is 6.07. The van der Waals surface area contributed by atoms with E-state index < -0.39 is 12.1 Å². The smallest absolute Gasteiger partial charge is 0.475 e. The van der Waals surface area contributed by atoms with Gasteiger partial charge in [0.1, 0.15) is 5.82 Å². The van der Waals surface area contributed by atoms with E-state index in [0.29, 0.717) is 12.1 Å². The number of para-hydroxylation sites is 2. The van der Waals surface area contributed by atoms with Crippen LogP contribution in [0.15, 0.2) is 103 Å². The number of benzene rings is 4. The second-order valence-corrected chi connectivity index (χ2v) is 11.0. The molecular formula is C35H34F3N5O3. The highest BCUT2D eigenvalue weighted by Gasteiger charge is 2.38. The molecule has 11 heteroatoms. The topological polar surface area (TPSA) is 90.7 Å². The number of nitrogens with zero attached hydrogens (tertiary/aromatic N) is 4. The van der Waals surface area contributed by atoms with Gasteiger partial charge in [-0.25, -0.2) is 9.78 Å². The number of hydrogen-bond donors (Lipinski definition) is 2. The molecule has 0 spiro atoms. The second kappa shape index (κ2) is 14.3. The van der Waals surface area contributed by atoms with Crippen molar-refractivity contribution in [2.45, 2.75) is 19.3 Å². The van der Waals surface area contributed by atoms with Crippen molar-refractivity contribution >= 4 is 28.6 Å². The molecule has 0 saturated carbocycles. The molecule has 238 valence electrons.